The van der Waals surface area contributed by atoms with Crippen molar-refractivity contribution >= 4 is 54.3 Å². The van der Waals surface area contributed by atoms with Gasteiger partial charge in [0.15, 0.2) is 23.0 Å². The van der Waals surface area contributed by atoms with Crippen molar-refractivity contribution in [3.63, 3.8) is 0 Å². The van der Waals surface area contributed by atoms with Crippen LogP contribution in [0.3, 0.4) is 0 Å². The predicted molar refractivity (Wildman–Crippen MR) is 208 cm³/mol. The lowest BCUT2D eigenvalue weighted by Gasteiger charge is -2.23. The molecule has 54 heavy (non-hydrogen) atoms. The molecule has 0 saturated carbocycles. The second-order valence-electron chi connectivity index (χ2n) is 14.5. The third-order valence-corrected chi connectivity index (χ3v) is 11.3. The van der Waals surface area contributed by atoms with E-state index < -0.39 is 46.0 Å². The average molecular weight is 715 g/mol. The molecule has 1 aliphatic rings. The number of hydrogen-bond donors (Lipinski definition) is 8. The highest BCUT2D eigenvalue weighted by Crippen LogP contribution is 2.62. The van der Waals surface area contributed by atoms with Gasteiger partial charge in [0.1, 0.15) is 11.2 Å². The van der Waals surface area contributed by atoms with Gasteiger partial charge in [-0.3, -0.25) is 0 Å². The van der Waals surface area contributed by atoms with E-state index in [9.17, 15) is 40.9 Å². The summed E-state index contributed by atoms with van der Waals surface area (Å²) in [5, 5.41) is 93.6. The Morgan fingerprint density at radius 2 is 0.870 bits per heavy atom. The Morgan fingerprint density at radius 1 is 0.407 bits per heavy atom. The molecule has 10 rings (SSSR count). The van der Waals surface area contributed by atoms with Crippen LogP contribution in [0.15, 0.2) is 101 Å². The van der Waals surface area contributed by atoms with Gasteiger partial charge < -0.3 is 45.3 Å². The first-order chi connectivity index (χ1) is 25.9. The minimum atomic E-state index is -1.02. The van der Waals surface area contributed by atoms with Crippen LogP contribution in [0.5, 0.6) is 46.0 Å². The van der Waals surface area contributed by atoms with E-state index in [2.05, 4.69) is 13.8 Å². The van der Waals surface area contributed by atoms with Crippen LogP contribution in [-0.4, -0.2) is 40.9 Å². The molecule has 1 aromatic heterocycles. The van der Waals surface area contributed by atoms with Gasteiger partial charge in [-0.05, 0) is 74.5 Å². The SMILES string of the molecule is CC1(C)c2ccccc2-c2cc(-c3c4c(O)c(O)c(O)c(O)c4c(-c4ccc5oc6cc7ccccc7cc6c5c4)c4c(O)c(O)c(O)c(O)c34)ccc21. The Kier molecular flexibility index (Phi) is 6.07. The molecule has 0 aliphatic heterocycles. The molecule has 0 amide bonds. The smallest absolute Gasteiger partial charge is 0.204 e. The van der Waals surface area contributed by atoms with E-state index in [1.165, 1.54) is 0 Å². The Morgan fingerprint density at radius 3 is 1.46 bits per heavy atom. The van der Waals surface area contributed by atoms with Crippen molar-refractivity contribution < 1.29 is 45.3 Å². The molecule has 1 heterocycles. The van der Waals surface area contributed by atoms with Crippen LogP contribution in [0, 0.1) is 0 Å². The van der Waals surface area contributed by atoms with Gasteiger partial charge in [-0.1, -0.05) is 80.6 Å². The maximum Gasteiger partial charge on any atom is 0.204 e. The van der Waals surface area contributed by atoms with Crippen molar-refractivity contribution in [1.82, 2.24) is 0 Å². The molecule has 0 atom stereocenters. The summed E-state index contributed by atoms with van der Waals surface area (Å²) in [6.45, 7) is 4.21. The molecule has 8 aromatic carbocycles. The molecular formula is C45H30O9. The zero-order valence-electron chi connectivity index (χ0n) is 28.7. The maximum atomic E-state index is 11.7. The van der Waals surface area contributed by atoms with Gasteiger partial charge in [0, 0.05) is 48.9 Å². The van der Waals surface area contributed by atoms with E-state index in [1.54, 1.807) is 24.3 Å². The molecule has 9 heteroatoms. The van der Waals surface area contributed by atoms with E-state index >= 15 is 0 Å². The maximum absolute atomic E-state index is 11.7. The molecule has 1 aliphatic carbocycles. The largest absolute Gasteiger partial charge is 0.504 e. The summed E-state index contributed by atoms with van der Waals surface area (Å²) in [6, 6.07) is 30.2. The van der Waals surface area contributed by atoms with Crippen LogP contribution >= 0.6 is 0 Å². The average Bonchev–Trinajstić information content (AvgIpc) is 3.65. The first-order valence-electron chi connectivity index (χ1n) is 17.2. The van der Waals surface area contributed by atoms with Crippen molar-refractivity contribution in [1.29, 1.82) is 0 Å². The summed E-state index contributed by atoms with van der Waals surface area (Å²) >= 11 is 0. The van der Waals surface area contributed by atoms with Crippen LogP contribution in [0.1, 0.15) is 25.0 Å². The molecule has 0 radical (unpaired) electrons. The predicted octanol–water partition coefficient (Wildman–Crippen LogP) is 10.3. The second-order valence-corrected chi connectivity index (χ2v) is 14.5. The molecule has 264 valence electrons. The van der Waals surface area contributed by atoms with E-state index in [0.29, 0.717) is 27.7 Å². The first kappa shape index (κ1) is 31.5. The molecule has 9 aromatic rings. The zero-order chi connectivity index (χ0) is 37.5. The van der Waals surface area contributed by atoms with Gasteiger partial charge in [0.2, 0.25) is 23.0 Å². The van der Waals surface area contributed by atoms with E-state index in [1.807, 2.05) is 72.8 Å². The van der Waals surface area contributed by atoms with E-state index in [0.717, 1.165) is 38.4 Å². The highest BCUT2D eigenvalue weighted by atomic mass is 16.4. The second kappa shape index (κ2) is 10.4. The van der Waals surface area contributed by atoms with Gasteiger partial charge >= 0.3 is 0 Å². The fraction of sp³-hybridized carbons (Fsp3) is 0.0667. The summed E-state index contributed by atoms with van der Waals surface area (Å²) < 4.78 is 6.21. The summed E-state index contributed by atoms with van der Waals surface area (Å²) in [6.07, 6.45) is 0. The van der Waals surface area contributed by atoms with Gasteiger partial charge in [-0.25, -0.2) is 0 Å². The summed E-state index contributed by atoms with van der Waals surface area (Å²) in [7, 11) is 0. The summed E-state index contributed by atoms with van der Waals surface area (Å²) in [4.78, 5) is 0. The zero-order valence-corrected chi connectivity index (χ0v) is 28.7. The van der Waals surface area contributed by atoms with Crippen molar-refractivity contribution in [2.45, 2.75) is 19.3 Å². The van der Waals surface area contributed by atoms with Gasteiger partial charge in [0.05, 0.1) is 0 Å². The number of fused-ring (bicyclic) bond motifs is 9. The van der Waals surface area contributed by atoms with Crippen molar-refractivity contribution in [2.75, 3.05) is 0 Å². The minimum absolute atomic E-state index is 0.00115. The number of phenolic OH excluding ortho intramolecular Hbond substituents is 8. The first-order valence-corrected chi connectivity index (χ1v) is 17.2. The van der Waals surface area contributed by atoms with E-state index in [4.69, 9.17) is 4.42 Å². The minimum Gasteiger partial charge on any atom is -0.504 e. The molecule has 0 spiro atoms. The molecule has 0 unspecified atom stereocenters. The Bertz CT molecular complexity index is 3090. The van der Waals surface area contributed by atoms with Crippen LogP contribution in [-0.2, 0) is 5.41 Å². The Balaban J connectivity index is 1.39. The molecule has 0 fully saturated rings. The quantitative estimate of drug-likeness (QED) is 0.0492. The topological polar surface area (TPSA) is 175 Å². The third-order valence-electron chi connectivity index (χ3n) is 11.3. The fourth-order valence-corrected chi connectivity index (χ4v) is 8.69. The monoisotopic (exact) mass is 714 g/mol. The van der Waals surface area contributed by atoms with Crippen LogP contribution < -0.4 is 0 Å². The number of aromatic hydroxyl groups is 8. The van der Waals surface area contributed by atoms with Crippen molar-refractivity contribution in [3.05, 3.63) is 108 Å². The summed E-state index contributed by atoms with van der Waals surface area (Å²) in [5.41, 5.74) is 5.31. The van der Waals surface area contributed by atoms with Gasteiger partial charge in [-0.2, -0.15) is 0 Å². The standard InChI is InChI=1S/C45H30O9/c1-45(2)27-10-6-5-9-23(27)24-16-21(11-13-28(24)45)31-33-35(39(48)43(52)41(50)37(33)46)32(36-34(31)38(47)42(51)44(53)40(36)49)22-12-14-29-25(17-22)26-15-19-7-3-4-8-20(19)18-30(26)54-29/h3-18,46-53H,1-2H3. The van der Waals surface area contributed by atoms with Crippen LogP contribution in [0.25, 0.3) is 87.6 Å². The lowest BCUT2D eigenvalue weighted by molar-refractivity contribution is 0.350. The Hall–Kier alpha value is -7.26. The molecular weight excluding hydrogens is 684 g/mol. The number of furan rings is 1. The van der Waals surface area contributed by atoms with Crippen molar-refractivity contribution in [3.8, 4) is 79.4 Å². The highest BCUT2D eigenvalue weighted by molar-refractivity contribution is 6.29. The fourth-order valence-electron chi connectivity index (χ4n) is 8.69. The third kappa shape index (κ3) is 3.87. The van der Waals surface area contributed by atoms with E-state index in [-0.39, 0.29) is 38.1 Å². The Labute approximate surface area is 305 Å². The molecule has 8 N–H and O–H groups in total. The van der Waals surface area contributed by atoms with Gasteiger partial charge in [-0.15, -0.1) is 0 Å². The highest BCUT2D eigenvalue weighted by Gasteiger charge is 2.37. The lowest BCUT2D eigenvalue weighted by Crippen LogP contribution is -2.14. The van der Waals surface area contributed by atoms with Gasteiger partial charge in [0.25, 0.3) is 0 Å². The number of phenols is 8. The summed E-state index contributed by atoms with van der Waals surface area (Å²) in [5.74, 6) is -7.40. The number of hydrogen-bond acceptors (Lipinski definition) is 9. The normalized spacial score (nSPS) is 13.4. The number of rotatable bonds is 2. The molecule has 0 saturated heterocycles. The van der Waals surface area contributed by atoms with Crippen molar-refractivity contribution in [2.24, 2.45) is 0 Å². The van der Waals surface area contributed by atoms with Crippen LogP contribution in [0.2, 0.25) is 0 Å². The van der Waals surface area contributed by atoms with Crippen LogP contribution in [0.4, 0.5) is 0 Å². The number of benzene rings is 8. The molecule has 9 nitrogen and oxygen atoms in total. The molecule has 0 bridgehead atoms. The lowest BCUT2D eigenvalue weighted by atomic mass is 9.81.